The van der Waals surface area contributed by atoms with E-state index in [1.54, 1.807) is 6.07 Å². The Labute approximate surface area is 170 Å². The zero-order chi connectivity index (χ0) is 20.4. The van der Waals surface area contributed by atoms with E-state index >= 15 is 0 Å². The van der Waals surface area contributed by atoms with Crippen LogP contribution in [-0.2, 0) is 9.47 Å². The van der Waals surface area contributed by atoms with Crippen LogP contribution in [0.2, 0.25) is 0 Å². The number of methoxy groups -OCH3 is 1. The summed E-state index contributed by atoms with van der Waals surface area (Å²) in [6, 6.07) is 4.30. The number of hydrogen-bond acceptors (Lipinski definition) is 8. The third kappa shape index (κ3) is 4.01. The van der Waals surface area contributed by atoms with E-state index in [1.165, 1.54) is 36.9 Å². The van der Waals surface area contributed by atoms with Gasteiger partial charge in [-0.15, -0.1) is 11.3 Å². The van der Waals surface area contributed by atoms with Gasteiger partial charge in [0.1, 0.15) is 39.5 Å². The number of carbonyl (C=O) groups excluding carboxylic acids is 1. The third-order valence-corrected chi connectivity index (χ3v) is 5.89. The molecule has 0 bridgehead atoms. The van der Waals surface area contributed by atoms with Crippen LogP contribution >= 0.6 is 11.3 Å². The quantitative estimate of drug-likeness (QED) is 0.622. The fourth-order valence-electron chi connectivity index (χ4n) is 3.26. The number of aryl methyl sites for hydroxylation is 1. The second kappa shape index (κ2) is 8.30. The molecule has 1 aromatic carbocycles. The summed E-state index contributed by atoms with van der Waals surface area (Å²) in [5.41, 5.74) is 1.30. The highest BCUT2D eigenvalue weighted by Crippen LogP contribution is 2.37. The lowest BCUT2D eigenvalue weighted by Crippen LogP contribution is -2.28. The van der Waals surface area contributed by atoms with Crippen LogP contribution in [-0.4, -0.2) is 42.4 Å². The van der Waals surface area contributed by atoms with Crippen molar-refractivity contribution < 1.29 is 23.4 Å². The molecule has 0 radical (unpaired) electrons. The maximum Gasteiger partial charge on any atom is 0.348 e. The molecule has 0 spiro atoms. The molecule has 29 heavy (non-hydrogen) atoms. The topological polar surface area (TPSA) is 82.6 Å². The van der Waals surface area contributed by atoms with Gasteiger partial charge >= 0.3 is 5.97 Å². The lowest BCUT2D eigenvalue weighted by molar-refractivity contribution is 0.00763. The number of ether oxygens (including phenoxy) is 3. The summed E-state index contributed by atoms with van der Waals surface area (Å²) in [6.07, 6.45) is 3.03. The van der Waals surface area contributed by atoms with Crippen molar-refractivity contribution in [1.29, 1.82) is 0 Å². The van der Waals surface area contributed by atoms with Crippen molar-refractivity contribution in [1.82, 2.24) is 9.97 Å². The van der Waals surface area contributed by atoms with Crippen LogP contribution in [0.4, 0.5) is 15.9 Å². The third-order valence-electron chi connectivity index (χ3n) is 4.71. The predicted octanol–water partition coefficient (Wildman–Crippen LogP) is 4.23. The minimum absolute atomic E-state index is 0.134. The molecule has 3 heterocycles. The first-order chi connectivity index (χ1) is 14.1. The van der Waals surface area contributed by atoms with Gasteiger partial charge in [0.15, 0.2) is 0 Å². The van der Waals surface area contributed by atoms with E-state index in [1.807, 2.05) is 6.92 Å². The summed E-state index contributed by atoms with van der Waals surface area (Å²) in [7, 11) is 1.34. The molecule has 1 saturated heterocycles. The monoisotopic (exact) mass is 417 g/mol. The molecule has 2 aromatic heterocycles. The Hall–Kier alpha value is -2.78. The number of nitrogens with one attached hydrogen (secondary N) is 1. The molecule has 3 aromatic rings. The highest BCUT2D eigenvalue weighted by Gasteiger charge is 2.21. The van der Waals surface area contributed by atoms with Crippen LogP contribution in [0.3, 0.4) is 0 Å². The highest BCUT2D eigenvalue weighted by molar-refractivity contribution is 7.20. The first kappa shape index (κ1) is 19.5. The normalized spacial score (nSPS) is 16.6. The number of aromatic nitrogens is 2. The lowest BCUT2D eigenvalue weighted by Gasteiger charge is -2.24. The average molecular weight is 417 g/mol. The Kier molecular flexibility index (Phi) is 5.59. The van der Waals surface area contributed by atoms with E-state index in [0.717, 1.165) is 18.4 Å². The smallest absolute Gasteiger partial charge is 0.348 e. The summed E-state index contributed by atoms with van der Waals surface area (Å²) < 4.78 is 30.2. The molecular formula is C20H20FN3O4S. The molecule has 7 nitrogen and oxygen atoms in total. The predicted molar refractivity (Wildman–Crippen MR) is 108 cm³/mol. The maximum atomic E-state index is 13.9. The van der Waals surface area contributed by atoms with Crippen LogP contribution in [0.1, 0.15) is 28.1 Å². The Morgan fingerprint density at radius 3 is 3.00 bits per heavy atom. The van der Waals surface area contributed by atoms with Crippen molar-refractivity contribution in [2.24, 2.45) is 0 Å². The molecule has 0 amide bonds. The molecule has 0 aliphatic carbocycles. The summed E-state index contributed by atoms with van der Waals surface area (Å²) in [4.78, 5) is 21.8. The Bertz CT molecular complexity index is 1050. The zero-order valence-corrected chi connectivity index (χ0v) is 16.8. The van der Waals surface area contributed by atoms with Gasteiger partial charge in [-0.3, -0.25) is 0 Å². The largest absolute Gasteiger partial charge is 0.486 e. The number of thiophene rings is 1. The van der Waals surface area contributed by atoms with E-state index in [-0.39, 0.29) is 6.10 Å². The number of hydrogen-bond donors (Lipinski definition) is 1. The van der Waals surface area contributed by atoms with Crippen molar-refractivity contribution in [3.8, 4) is 5.75 Å². The van der Waals surface area contributed by atoms with E-state index in [4.69, 9.17) is 14.2 Å². The number of nitrogens with zero attached hydrogens (tertiary/aromatic N) is 2. The molecular weight excluding hydrogens is 397 g/mol. The van der Waals surface area contributed by atoms with E-state index in [9.17, 15) is 9.18 Å². The second-order valence-corrected chi connectivity index (χ2v) is 7.67. The van der Waals surface area contributed by atoms with Crippen molar-refractivity contribution in [3.05, 3.63) is 40.8 Å². The van der Waals surface area contributed by atoms with Gasteiger partial charge in [0.05, 0.1) is 24.8 Å². The molecule has 152 valence electrons. The minimum Gasteiger partial charge on any atom is -0.486 e. The van der Waals surface area contributed by atoms with Crippen molar-refractivity contribution in [2.45, 2.75) is 25.9 Å². The fraction of sp³-hybridized carbons (Fsp3) is 0.350. The number of esters is 1. The highest BCUT2D eigenvalue weighted by atomic mass is 32.1. The second-order valence-electron chi connectivity index (χ2n) is 6.67. The van der Waals surface area contributed by atoms with Gasteiger partial charge < -0.3 is 19.5 Å². The Balaban J connectivity index is 1.70. The van der Waals surface area contributed by atoms with Crippen molar-refractivity contribution in [2.75, 3.05) is 25.6 Å². The van der Waals surface area contributed by atoms with Crippen molar-refractivity contribution >= 4 is 39.0 Å². The lowest BCUT2D eigenvalue weighted by atomic mass is 10.1. The van der Waals surface area contributed by atoms with Crippen LogP contribution in [0.15, 0.2) is 24.5 Å². The van der Waals surface area contributed by atoms with Gasteiger partial charge in [-0.1, -0.05) is 0 Å². The number of anilines is 2. The summed E-state index contributed by atoms with van der Waals surface area (Å²) in [5.74, 6) is 0.0814. The van der Waals surface area contributed by atoms with E-state index in [2.05, 4.69) is 15.3 Å². The first-order valence-electron chi connectivity index (χ1n) is 9.20. The van der Waals surface area contributed by atoms with Gasteiger partial charge in [0.2, 0.25) is 0 Å². The molecule has 4 rings (SSSR count). The maximum absolute atomic E-state index is 13.9. The molecule has 1 aliphatic rings. The standard InChI is InChI=1S/C20H20FN3O4S/c1-11-16-18(22-10-23-19(16)29-17(11)20(25)26-2)24-14-6-5-12(21)8-15(14)28-13-4-3-7-27-9-13/h5-6,8,10,13H,3-4,7,9H2,1-2H3,(H,22,23,24)/t13-/m0/s1. The number of benzene rings is 1. The molecule has 1 aliphatic heterocycles. The summed E-state index contributed by atoms with van der Waals surface area (Å²) in [6.45, 7) is 3.01. The van der Waals surface area contributed by atoms with Crippen LogP contribution in [0, 0.1) is 12.7 Å². The van der Waals surface area contributed by atoms with Gasteiger partial charge in [0.25, 0.3) is 0 Å². The van der Waals surface area contributed by atoms with Gasteiger partial charge in [0, 0.05) is 12.7 Å². The molecule has 1 fully saturated rings. The first-order valence-corrected chi connectivity index (χ1v) is 10.0. The molecule has 1 atom stereocenters. The summed E-state index contributed by atoms with van der Waals surface area (Å²) in [5, 5.41) is 3.93. The van der Waals surface area contributed by atoms with Gasteiger partial charge in [-0.2, -0.15) is 0 Å². The number of fused-ring (bicyclic) bond motifs is 1. The SMILES string of the molecule is COC(=O)c1sc2ncnc(Nc3ccc(F)cc3O[C@H]3CCCOC3)c2c1C. The van der Waals surface area contributed by atoms with Gasteiger partial charge in [-0.05, 0) is 37.5 Å². The van der Waals surface area contributed by atoms with E-state index < -0.39 is 11.8 Å². The van der Waals surface area contributed by atoms with E-state index in [0.29, 0.717) is 45.6 Å². The summed E-state index contributed by atoms with van der Waals surface area (Å²) >= 11 is 1.24. The van der Waals surface area contributed by atoms with Gasteiger partial charge in [-0.25, -0.2) is 19.2 Å². The number of carbonyl (C=O) groups is 1. The van der Waals surface area contributed by atoms with Crippen LogP contribution in [0.25, 0.3) is 10.2 Å². The van der Waals surface area contributed by atoms with Crippen LogP contribution in [0.5, 0.6) is 5.75 Å². The Morgan fingerprint density at radius 2 is 2.24 bits per heavy atom. The zero-order valence-electron chi connectivity index (χ0n) is 16.0. The van der Waals surface area contributed by atoms with Crippen LogP contribution < -0.4 is 10.1 Å². The average Bonchev–Trinajstić information content (AvgIpc) is 3.08. The van der Waals surface area contributed by atoms with Crippen molar-refractivity contribution in [3.63, 3.8) is 0 Å². The fourth-order valence-corrected chi connectivity index (χ4v) is 4.33. The molecule has 0 unspecified atom stereocenters. The Morgan fingerprint density at radius 1 is 1.38 bits per heavy atom. The molecule has 1 N–H and O–H groups in total. The molecule has 9 heteroatoms. The molecule has 0 saturated carbocycles. The number of rotatable bonds is 5. The number of halogens is 1. The minimum atomic E-state index is -0.417.